The maximum Gasteiger partial charge on any atom is 0.307 e. The number of aliphatic carboxylic acids is 1. The summed E-state index contributed by atoms with van der Waals surface area (Å²) in [6.45, 7) is 0.0841. The van der Waals surface area contributed by atoms with Crippen LogP contribution in [0.4, 0.5) is 10.1 Å². The van der Waals surface area contributed by atoms with Crippen LogP contribution in [0.5, 0.6) is 0 Å². The van der Waals surface area contributed by atoms with Gasteiger partial charge in [-0.3, -0.25) is 14.6 Å². The van der Waals surface area contributed by atoms with Gasteiger partial charge in [0.15, 0.2) is 5.78 Å². The number of anilines is 1. The van der Waals surface area contributed by atoms with Gasteiger partial charge in [0.1, 0.15) is 10.8 Å². The Morgan fingerprint density at radius 3 is 2.68 bits per heavy atom. The van der Waals surface area contributed by atoms with Crippen molar-refractivity contribution in [2.75, 3.05) is 5.32 Å². The number of Topliss-reactive ketones (excluding diaryl/α,β-unsaturated/α-hetero) is 1. The van der Waals surface area contributed by atoms with Crippen molar-refractivity contribution in [3.8, 4) is 0 Å². The number of nitrogens with zero attached hydrogens (tertiary/aromatic N) is 1. The Morgan fingerprint density at radius 1 is 1.25 bits per heavy atom. The van der Waals surface area contributed by atoms with Gasteiger partial charge in [-0.2, -0.15) is 0 Å². The van der Waals surface area contributed by atoms with E-state index in [0.717, 1.165) is 6.20 Å². The van der Waals surface area contributed by atoms with Gasteiger partial charge in [-0.05, 0) is 18.2 Å². The Bertz CT molecular complexity index is 947. The summed E-state index contributed by atoms with van der Waals surface area (Å²) in [5.74, 6) is -2.74. The molecule has 1 aliphatic carbocycles. The highest BCUT2D eigenvalue weighted by Gasteiger charge is 2.33. The van der Waals surface area contributed by atoms with E-state index in [1.165, 1.54) is 12.3 Å². The smallest absolute Gasteiger partial charge is 0.307 e. The highest BCUT2D eigenvalue weighted by atomic mass is 32.1. The molecule has 0 fully saturated rings. The van der Waals surface area contributed by atoms with Crippen LogP contribution < -0.4 is 10.6 Å². The zero-order valence-corrected chi connectivity index (χ0v) is 15.6. The third-order valence-electron chi connectivity index (χ3n) is 4.42. The van der Waals surface area contributed by atoms with Crippen LogP contribution in [-0.2, 0) is 16.1 Å². The molecule has 0 saturated heterocycles. The molecule has 28 heavy (non-hydrogen) atoms. The van der Waals surface area contributed by atoms with Gasteiger partial charge in [-0.25, -0.2) is 4.39 Å². The molecule has 1 unspecified atom stereocenters. The van der Waals surface area contributed by atoms with E-state index in [9.17, 15) is 19.1 Å². The second-order valence-electron chi connectivity index (χ2n) is 6.36. The molecule has 3 N–H and O–H groups in total. The van der Waals surface area contributed by atoms with Crippen LogP contribution in [0, 0.1) is 11.7 Å². The van der Waals surface area contributed by atoms with Gasteiger partial charge in [-0.1, -0.05) is 30.4 Å². The fourth-order valence-corrected chi connectivity index (χ4v) is 3.33. The van der Waals surface area contributed by atoms with Crippen molar-refractivity contribution >= 4 is 34.6 Å². The fourth-order valence-electron chi connectivity index (χ4n) is 2.98. The number of ketones is 1. The van der Waals surface area contributed by atoms with Crippen LogP contribution in [0.2, 0.25) is 0 Å². The largest absolute Gasteiger partial charge is 0.481 e. The number of carboxylic acid groups (broad SMARTS) is 1. The third-order valence-corrected chi connectivity index (χ3v) is 4.73. The Labute approximate surface area is 166 Å². The van der Waals surface area contributed by atoms with Gasteiger partial charge in [0.25, 0.3) is 0 Å². The number of para-hydroxylation sites is 1. The van der Waals surface area contributed by atoms with Gasteiger partial charge in [0.2, 0.25) is 0 Å². The quantitative estimate of drug-likeness (QED) is 0.643. The predicted molar refractivity (Wildman–Crippen MR) is 106 cm³/mol. The van der Waals surface area contributed by atoms with Crippen LogP contribution in [0.15, 0.2) is 60.1 Å². The second kappa shape index (κ2) is 8.71. The maximum absolute atomic E-state index is 13.9. The lowest BCUT2D eigenvalue weighted by molar-refractivity contribution is -0.143. The van der Waals surface area contributed by atoms with E-state index in [2.05, 4.69) is 15.6 Å². The molecular formula is C20H18FN3O3S. The van der Waals surface area contributed by atoms with Gasteiger partial charge in [-0.15, -0.1) is 0 Å². The number of nitrogens with one attached hydrogen (secondary N) is 2. The molecular weight excluding hydrogens is 381 g/mol. The zero-order valence-electron chi connectivity index (χ0n) is 14.8. The van der Waals surface area contributed by atoms with E-state index in [0.29, 0.717) is 16.9 Å². The van der Waals surface area contributed by atoms with Gasteiger partial charge in [0, 0.05) is 42.5 Å². The molecule has 8 heteroatoms. The van der Waals surface area contributed by atoms with Crippen molar-refractivity contribution in [2.24, 2.45) is 5.92 Å². The van der Waals surface area contributed by atoms with Crippen molar-refractivity contribution in [3.05, 3.63) is 71.4 Å². The van der Waals surface area contributed by atoms with E-state index in [-0.39, 0.29) is 35.7 Å². The van der Waals surface area contributed by atoms with Crippen molar-refractivity contribution in [3.63, 3.8) is 0 Å². The van der Waals surface area contributed by atoms with E-state index >= 15 is 0 Å². The topological polar surface area (TPSA) is 91.3 Å². The molecule has 2 aromatic rings. The fraction of sp³-hybridized carbons (Fsp3) is 0.200. The predicted octanol–water partition coefficient (Wildman–Crippen LogP) is 3.07. The minimum absolute atomic E-state index is 0.0841. The summed E-state index contributed by atoms with van der Waals surface area (Å²) in [6.07, 6.45) is 2.54. The summed E-state index contributed by atoms with van der Waals surface area (Å²) in [6, 6.07) is 10.6. The van der Waals surface area contributed by atoms with E-state index in [1.54, 1.807) is 12.1 Å². The van der Waals surface area contributed by atoms with Crippen molar-refractivity contribution in [1.29, 1.82) is 0 Å². The Balaban J connectivity index is 1.88. The molecule has 1 heterocycles. The number of hydrogen-bond donors (Lipinski definition) is 3. The third kappa shape index (κ3) is 4.58. The van der Waals surface area contributed by atoms with Crippen LogP contribution >= 0.6 is 12.2 Å². The molecule has 0 amide bonds. The normalized spacial score (nSPS) is 16.6. The molecule has 1 aromatic heterocycles. The SMILES string of the molecule is O=C1CC(C(=O)O)CC(NCc2ccncc2F)=C1C(=S)Nc1ccccc1. The first-order chi connectivity index (χ1) is 13.5. The number of allylic oxidation sites excluding steroid dienone is 1. The summed E-state index contributed by atoms with van der Waals surface area (Å²) < 4.78 is 13.9. The molecule has 6 nitrogen and oxygen atoms in total. The summed E-state index contributed by atoms with van der Waals surface area (Å²) in [5, 5.41) is 15.4. The van der Waals surface area contributed by atoms with Crippen LogP contribution in [-0.4, -0.2) is 26.8 Å². The standard InChI is InChI=1S/C20H18FN3O3S/c21-15-11-22-7-6-12(15)10-23-16-8-13(20(26)27)9-17(25)18(16)19(28)24-14-4-2-1-3-5-14/h1-7,11,13,23H,8-10H2,(H,24,28)(H,26,27). The molecule has 0 aliphatic heterocycles. The van der Waals surface area contributed by atoms with E-state index in [1.807, 2.05) is 18.2 Å². The summed E-state index contributed by atoms with van der Waals surface area (Å²) in [7, 11) is 0. The molecule has 144 valence electrons. The number of halogens is 1. The molecule has 0 radical (unpaired) electrons. The Kier molecular flexibility index (Phi) is 6.10. The van der Waals surface area contributed by atoms with Crippen LogP contribution in [0.25, 0.3) is 0 Å². The first-order valence-corrected chi connectivity index (χ1v) is 9.04. The average Bonchev–Trinajstić information content (AvgIpc) is 2.67. The molecule has 1 aliphatic rings. The number of pyridine rings is 1. The molecule has 1 aromatic carbocycles. The number of rotatable bonds is 6. The van der Waals surface area contributed by atoms with Gasteiger partial charge >= 0.3 is 5.97 Å². The van der Waals surface area contributed by atoms with Crippen LogP contribution in [0.1, 0.15) is 18.4 Å². The summed E-state index contributed by atoms with van der Waals surface area (Å²) in [5.41, 5.74) is 1.71. The first kappa shape index (κ1) is 19.6. The first-order valence-electron chi connectivity index (χ1n) is 8.63. The Morgan fingerprint density at radius 2 is 2.00 bits per heavy atom. The Hall–Kier alpha value is -3.13. The number of benzene rings is 1. The number of carbonyl (C=O) groups excluding carboxylic acids is 1. The number of aromatic nitrogens is 1. The second-order valence-corrected chi connectivity index (χ2v) is 6.77. The zero-order chi connectivity index (χ0) is 20.1. The lowest BCUT2D eigenvalue weighted by Gasteiger charge is -2.26. The number of hydrogen-bond acceptors (Lipinski definition) is 5. The molecule has 3 rings (SSSR count). The van der Waals surface area contributed by atoms with Gasteiger partial charge < -0.3 is 15.7 Å². The number of carbonyl (C=O) groups is 2. The maximum atomic E-state index is 13.9. The van der Waals surface area contributed by atoms with Crippen molar-refractivity contribution < 1.29 is 19.1 Å². The average molecular weight is 399 g/mol. The summed E-state index contributed by atoms with van der Waals surface area (Å²) in [4.78, 5) is 28.0. The minimum Gasteiger partial charge on any atom is -0.481 e. The number of thiocarbonyl (C=S) groups is 1. The molecule has 0 bridgehead atoms. The van der Waals surface area contributed by atoms with Crippen molar-refractivity contribution in [1.82, 2.24) is 10.3 Å². The van der Waals surface area contributed by atoms with Crippen molar-refractivity contribution in [2.45, 2.75) is 19.4 Å². The van der Waals surface area contributed by atoms with Gasteiger partial charge in [0.05, 0.1) is 17.7 Å². The van der Waals surface area contributed by atoms with E-state index < -0.39 is 17.7 Å². The minimum atomic E-state index is -1.05. The summed E-state index contributed by atoms with van der Waals surface area (Å²) >= 11 is 5.41. The van der Waals surface area contributed by atoms with Crippen LogP contribution in [0.3, 0.4) is 0 Å². The molecule has 0 spiro atoms. The lowest BCUT2D eigenvalue weighted by atomic mass is 9.85. The monoisotopic (exact) mass is 399 g/mol. The molecule has 1 atom stereocenters. The lowest BCUT2D eigenvalue weighted by Crippen LogP contribution is -2.34. The number of carboxylic acids is 1. The molecule has 0 saturated carbocycles. The highest BCUT2D eigenvalue weighted by molar-refractivity contribution is 7.81. The highest BCUT2D eigenvalue weighted by Crippen LogP contribution is 2.28. The van der Waals surface area contributed by atoms with E-state index in [4.69, 9.17) is 12.2 Å².